The Morgan fingerprint density at radius 2 is 1.96 bits per heavy atom. The third-order valence-corrected chi connectivity index (χ3v) is 7.28. The lowest BCUT2D eigenvalue weighted by Crippen LogP contribution is -2.30. The molecule has 1 amide bonds. The summed E-state index contributed by atoms with van der Waals surface area (Å²) >= 11 is 6.89. The first-order valence-electron chi connectivity index (χ1n) is 8.57. The molecule has 0 fully saturated rings. The maximum absolute atomic E-state index is 13.2. The number of sulfonamides is 1. The fourth-order valence-corrected chi connectivity index (χ4v) is 4.73. The van der Waals surface area contributed by atoms with Crippen LogP contribution in [0.5, 0.6) is 0 Å². The molecule has 0 saturated carbocycles. The second kappa shape index (κ2) is 9.69. The molecule has 6 nitrogen and oxygen atoms in total. The highest BCUT2D eigenvalue weighted by Crippen LogP contribution is 2.25. The van der Waals surface area contributed by atoms with Crippen molar-refractivity contribution in [3.63, 3.8) is 0 Å². The summed E-state index contributed by atoms with van der Waals surface area (Å²) in [6.45, 7) is 5.98. The zero-order chi connectivity index (χ0) is 20.9. The number of hydrogen-bond acceptors (Lipinski definition) is 5. The minimum atomic E-state index is -3.57. The summed E-state index contributed by atoms with van der Waals surface area (Å²) in [7, 11) is -3.57. The Kier molecular flexibility index (Phi) is 7.82. The van der Waals surface area contributed by atoms with Gasteiger partial charge in [-0.25, -0.2) is 17.8 Å². The van der Waals surface area contributed by atoms with Gasteiger partial charge in [-0.05, 0) is 37.3 Å². The number of rotatable bonds is 8. The van der Waals surface area contributed by atoms with Gasteiger partial charge < -0.3 is 5.32 Å². The van der Waals surface area contributed by atoms with Gasteiger partial charge >= 0.3 is 0 Å². The summed E-state index contributed by atoms with van der Waals surface area (Å²) in [5.41, 5.74) is 0.387. The monoisotopic (exact) mass is 445 g/mol. The van der Waals surface area contributed by atoms with Crippen molar-refractivity contribution in [3.05, 3.63) is 47.4 Å². The molecule has 1 unspecified atom stereocenters. The van der Waals surface area contributed by atoms with Gasteiger partial charge in [0, 0.05) is 25.0 Å². The number of thioether (sulfide) groups is 1. The summed E-state index contributed by atoms with van der Waals surface area (Å²) in [5, 5.41) is 2.58. The lowest BCUT2D eigenvalue weighted by Gasteiger charge is -2.18. The Labute approximate surface area is 173 Å². The predicted octanol–water partition coefficient (Wildman–Crippen LogP) is 4.02. The molecule has 2 aromatic rings. The number of nitrogens with one attached hydrogen (secondary N) is 1. The molecular formula is C18H21ClFN3O3S2. The van der Waals surface area contributed by atoms with Crippen molar-refractivity contribution in [1.29, 1.82) is 0 Å². The standard InChI is InChI=1S/C18H21ClFN3O3S2/c1-4-23(5-2)28(25,26)14-7-9-17(21-11-14)27-12(3)18(24)22-13-6-8-16(20)15(19)10-13/h6-12H,4-5H2,1-3H3,(H,22,24). The summed E-state index contributed by atoms with van der Waals surface area (Å²) in [4.78, 5) is 16.6. The Morgan fingerprint density at radius 1 is 1.29 bits per heavy atom. The quantitative estimate of drug-likeness (QED) is 0.620. The van der Waals surface area contributed by atoms with E-state index in [0.717, 1.165) is 0 Å². The van der Waals surface area contributed by atoms with Crippen molar-refractivity contribution in [2.45, 2.75) is 35.9 Å². The lowest BCUT2D eigenvalue weighted by atomic mass is 10.3. The van der Waals surface area contributed by atoms with Gasteiger partial charge in [0.2, 0.25) is 15.9 Å². The predicted molar refractivity (Wildman–Crippen MR) is 110 cm³/mol. The first-order valence-corrected chi connectivity index (χ1v) is 11.3. The van der Waals surface area contributed by atoms with Gasteiger partial charge in [-0.15, -0.1) is 0 Å². The van der Waals surface area contributed by atoms with Gasteiger partial charge in [0.15, 0.2) is 0 Å². The number of aromatic nitrogens is 1. The molecule has 1 aromatic heterocycles. The molecule has 1 atom stereocenters. The first-order chi connectivity index (χ1) is 13.2. The van der Waals surface area contributed by atoms with Crippen LogP contribution in [-0.4, -0.2) is 42.0 Å². The van der Waals surface area contributed by atoms with E-state index in [0.29, 0.717) is 23.8 Å². The average molecular weight is 446 g/mol. The molecule has 10 heteroatoms. The van der Waals surface area contributed by atoms with Crippen molar-refractivity contribution in [2.75, 3.05) is 18.4 Å². The smallest absolute Gasteiger partial charge is 0.244 e. The van der Waals surface area contributed by atoms with E-state index in [1.807, 2.05) is 0 Å². The van der Waals surface area contributed by atoms with Crippen LogP contribution in [0.15, 0.2) is 46.5 Å². The number of halogens is 2. The zero-order valence-electron chi connectivity index (χ0n) is 15.6. The van der Waals surface area contributed by atoms with Crippen molar-refractivity contribution in [1.82, 2.24) is 9.29 Å². The Bertz CT molecular complexity index is 936. The molecule has 1 aromatic carbocycles. The van der Waals surface area contributed by atoms with Crippen molar-refractivity contribution in [2.24, 2.45) is 0 Å². The largest absolute Gasteiger partial charge is 0.325 e. The summed E-state index contributed by atoms with van der Waals surface area (Å²) in [6.07, 6.45) is 1.29. The van der Waals surface area contributed by atoms with Crippen LogP contribution >= 0.6 is 23.4 Å². The van der Waals surface area contributed by atoms with Crippen LogP contribution in [0.4, 0.5) is 10.1 Å². The number of amides is 1. The molecular weight excluding hydrogens is 425 g/mol. The van der Waals surface area contributed by atoms with Crippen LogP contribution < -0.4 is 5.32 Å². The molecule has 1 N–H and O–H groups in total. The van der Waals surface area contributed by atoms with Crippen molar-refractivity contribution < 1.29 is 17.6 Å². The van der Waals surface area contributed by atoms with Crippen LogP contribution in [0, 0.1) is 5.82 Å². The maximum Gasteiger partial charge on any atom is 0.244 e. The minimum Gasteiger partial charge on any atom is -0.325 e. The summed E-state index contributed by atoms with van der Waals surface area (Å²) in [6, 6.07) is 6.97. The third kappa shape index (κ3) is 5.44. The molecule has 0 aliphatic carbocycles. The number of nitrogens with zero attached hydrogens (tertiary/aromatic N) is 2. The molecule has 152 valence electrons. The molecule has 0 radical (unpaired) electrons. The van der Waals surface area contributed by atoms with Crippen LogP contribution in [0.25, 0.3) is 0 Å². The van der Waals surface area contributed by atoms with Crippen LogP contribution in [0.3, 0.4) is 0 Å². The second-order valence-electron chi connectivity index (χ2n) is 5.80. The fourth-order valence-electron chi connectivity index (χ4n) is 2.35. The Hall–Kier alpha value is -1.68. The second-order valence-corrected chi connectivity index (χ2v) is 9.51. The van der Waals surface area contributed by atoms with E-state index in [1.165, 1.54) is 46.5 Å². The van der Waals surface area contributed by atoms with Crippen molar-refractivity contribution in [3.8, 4) is 0 Å². The van der Waals surface area contributed by atoms with E-state index in [4.69, 9.17) is 11.6 Å². The number of hydrogen-bond donors (Lipinski definition) is 1. The number of anilines is 1. The van der Waals surface area contributed by atoms with Crippen LogP contribution in [0.1, 0.15) is 20.8 Å². The molecule has 0 bridgehead atoms. The molecule has 1 heterocycles. The highest BCUT2D eigenvalue weighted by Gasteiger charge is 2.22. The molecule has 0 aliphatic rings. The maximum atomic E-state index is 13.2. The Balaban J connectivity index is 2.04. The van der Waals surface area contributed by atoms with E-state index in [1.54, 1.807) is 26.8 Å². The SMILES string of the molecule is CCN(CC)S(=O)(=O)c1ccc(SC(C)C(=O)Nc2ccc(F)c(Cl)c2)nc1. The fraction of sp³-hybridized carbons (Fsp3) is 0.333. The highest BCUT2D eigenvalue weighted by atomic mass is 35.5. The molecule has 0 saturated heterocycles. The minimum absolute atomic E-state index is 0.0789. The molecule has 0 aliphatic heterocycles. The number of benzene rings is 1. The highest BCUT2D eigenvalue weighted by molar-refractivity contribution is 8.00. The van der Waals surface area contributed by atoms with E-state index in [-0.39, 0.29) is 15.8 Å². The normalized spacial score (nSPS) is 12.8. The third-order valence-electron chi connectivity index (χ3n) is 3.91. The van der Waals surface area contributed by atoms with Crippen molar-refractivity contribution >= 4 is 45.0 Å². The van der Waals surface area contributed by atoms with Gasteiger partial charge in [-0.3, -0.25) is 4.79 Å². The van der Waals surface area contributed by atoms with E-state index in [2.05, 4.69) is 10.3 Å². The number of pyridine rings is 1. The summed E-state index contributed by atoms with van der Waals surface area (Å²) < 4.78 is 39.5. The topological polar surface area (TPSA) is 79.4 Å². The Morgan fingerprint density at radius 3 is 2.50 bits per heavy atom. The first kappa shape index (κ1) is 22.6. The van der Waals surface area contributed by atoms with Crippen LogP contribution in [-0.2, 0) is 14.8 Å². The molecule has 0 spiro atoms. The van der Waals surface area contributed by atoms with Gasteiger partial charge in [0.1, 0.15) is 10.7 Å². The van der Waals surface area contributed by atoms with E-state index in [9.17, 15) is 17.6 Å². The van der Waals surface area contributed by atoms with Gasteiger partial charge in [-0.1, -0.05) is 37.2 Å². The molecule has 28 heavy (non-hydrogen) atoms. The number of carbonyl (C=O) groups is 1. The van der Waals surface area contributed by atoms with Crippen LogP contribution in [0.2, 0.25) is 5.02 Å². The molecule has 2 rings (SSSR count). The summed E-state index contributed by atoms with van der Waals surface area (Å²) in [5.74, 6) is -0.875. The van der Waals surface area contributed by atoms with E-state index < -0.39 is 21.1 Å². The van der Waals surface area contributed by atoms with Gasteiger partial charge in [0.25, 0.3) is 0 Å². The number of carbonyl (C=O) groups excluding carboxylic acids is 1. The lowest BCUT2D eigenvalue weighted by molar-refractivity contribution is -0.115. The van der Waals surface area contributed by atoms with E-state index >= 15 is 0 Å². The van der Waals surface area contributed by atoms with Gasteiger partial charge in [-0.2, -0.15) is 4.31 Å². The van der Waals surface area contributed by atoms with Gasteiger partial charge in [0.05, 0.1) is 15.3 Å². The average Bonchev–Trinajstić information content (AvgIpc) is 2.66. The zero-order valence-corrected chi connectivity index (χ0v) is 18.0.